The SMILES string of the molecule is COC(=O)COc1cc(-c2ccc(C)cc2)nc2ccc(NC(=O)Nc3ccc(C)c(F)c3)cc12. The number of halogens is 1. The number of methoxy groups -OCH3 is 1. The Balaban J connectivity index is 1.64. The van der Waals surface area contributed by atoms with E-state index < -0.39 is 17.8 Å². The molecule has 2 amide bonds. The Kier molecular flexibility index (Phi) is 6.91. The number of anilines is 2. The predicted molar refractivity (Wildman–Crippen MR) is 133 cm³/mol. The first-order valence-electron chi connectivity index (χ1n) is 10.9. The molecule has 8 heteroatoms. The van der Waals surface area contributed by atoms with Gasteiger partial charge in [-0.3, -0.25) is 0 Å². The van der Waals surface area contributed by atoms with Gasteiger partial charge >= 0.3 is 12.0 Å². The summed E-state index contributed by atoms with van der Waals surface area (Å²) in [6.45, 7) is 3.37. The minimum absolute atomic E-state index is 0.278. The number of rotatable bonds is 6. The van der Waals surface area contributed by atoms with E-state index in [9.17, 15) is 14.0 Å². The highest BCUT2D eigenvalue weighted by atomic mass is 19.1. The van der Waals surface area contributed by atoms with Crippen LogP contribution in [0.5, 0.6) is 5.75 Å². The van der Waals surface area contributed by atoms with Crippen LogP contribution in [-0.2, 0) is 9.53 Å². The molecule has 0 aliphatic heterocycles. The van der Waals surface area contributed by atoms with E-state index in [1.54, 1.807) is 43.3 Å². The van der Waals surface area contributed by atoms with Crippen LogP contribution < -0.4 is 15.4 Å². The number of carbonyl (C=O) groups excluding carboxylic acids is 2. The van der Waals surface area contributed by atoms with E-state index in [0.29, 0.717) is 39.3 Å². The van der Waals surface area contributed by atoms with Gasteiger partial charge in [-0.05, 0) is 49.7 Å². The highest BCUT2D eigenvalue weighted by Crippen LogP contribution is 2.32. The summed E-state index contributed by atoms with van der Waals surface area (Å²) in [6, 6.07) is 18.7. The van der Waals surface area contributed by atoms with Gasteiger partial charge in [0, 0.05) is 28.4 Å². The van der Waals surface area contributed by atoms with Crippen LogP contribution >= 0.6 is 0 Å². The number of fused-ring (bicyclic) bond motifs is 1. The zero-order valence-electron chi connectivity index (χ0n) is 19.5. The fourth-order valence-electron chi connectivity index (χ4n) is 3.42. The molecule has 35 heavy (non-hydrogen) atoms. The number of aryl methyl sites for hydroxylation is 2. The van der Waals surface area contributed by atoms with E-state index in [2.05, 4.69) is 15.4 Å². The molecule has 0 saturated heterocycles. The lowest BCUT2D eigenvalue weighted by molar-refractivity contribution is -0.142. The Bertz CT molecular complexity index is 1400. The van der Waals surface area contributed by atoms with Crippen molar-refractivity contribution in [3.8, 4) is 17.0 Å². The third-order valence-corrected chi connectivity index (χ3v) is 5.38. The average Bonchev–Trinajstić information content (AvgIpc) is 2.85. The normalized spacial score (nSPS) is 10.6. The maximum Gasteiger partial charge on any atom is 0.343 e. The van der Waals surface area contributed by atoms with Crippen molar-refractivity contribution in [3.05, 3.63) is 83.7 Å². The monoisotopic (exact) mass is 473 g/mol. The molecule has 1 heterocycles. The summed E-state index contributed by atoms with van der Waals surface area (Å²) in [5.41, 5.74) is 4.61. The van der Waals surface area contributed by atoms with Gasteiger partial charge in [-0.2, -0.15) is 0 Å². The van der Waals surface area contributed by atoms with E-state index >= 15 is 0 Å². The van der Waals surface area contributed by atoms with Crippen molar-refractivity contribution in [2.24, 2.45) is 0 Å². The van der Waals surface area contributed by atoms with Crippen LogP contribution in [0.2, 0.25) is 0 Å². The molecule has 0 aliphatic rings. The molecule has 4 rings (SSSR count). The second-order valence-corrected chi connectivity index (χ2v) is 8.01. The first-order valence-corrected chi connectivity index (χ1v) is 10.9. The van der Waals surface area contributed by atoms with E-state index in [-0.39, 0.29) is 6.61 Å². The Morgan fingerprint density at radius 1 is 0.914 bits per heavy atom. The van der Waals surface area contributed by atoms with Crippen molar-refractivity contribution in [2.75, 3.05) is 24.4 Å². The molecular formula is C27H24FN3O4. The predicted octanol–water partition coefficient (Wildman–Crippen LogP) is 5.85. The molecule has 0 bridgehead atoms. The van der Waals surface area contributed by atoms with Crippen molar-refractivity contribution in [3.63, 3.8) is 0 Å². The van der Waals surface area contributed by atoms with Gasteiger partial charge in [-0.25, -0.2) is 19.0 Å². The van der Waals surface area contributed by atoms with Crippen molar-refractivity contribution < 1.29 is 23.5 Å². The number of pyridine rings is 1. The maximum atomic E-state index is 13.8. The standard InChI is InChI=1S/C27H24FN3O4/c1-16-4-7-18(8-5-16)24-14-25(35-15-26(32)34-3)21-12-19(10-11-23(21)31-24)29-27(33)30-20-9-6-17(2)22(28)13-20/h4-14H,15H2,1-3H3,(H2,29,30,33). The molecule has 0 fully saturated rings. The molecule has 2 N–H and O–H groups in total. The molecule has 0 radical (unpaired) electrons. The summed E-state index contributed by atoms with van der Waals surface area (Å²) < 4.78 is 24.2. The number of nitrogens with zero attached hydrogens (tertiary/aromatic N) is 1. The van der Waals surface area contributed by atoms with Crippen molar-refractivity contribution >= 4 is 34.3 Å². The summed E-state index contributed by atoms with van der Waals surface area (Å²) in [5, 5.41) is 5.93. The molecular weight excluding hydrogens is 449 g/mol. The van der Waals surface area contributed by atoms with Crippen LogP contribution in [0.25, 0.3) is 22.2 Å². The van der Waals surface area contributed by atoms with Gasteiger partial charge in [0.25, 0.3) is 0 Å². The molecule has 0 atom stereocenters. The van der Waals surface area contributed by atoms with Crippen LogP contribution in [0.3, 0.4) is 0 Å². The molecule has 3 aromatic carbocycles. The number of amides is 2. The number of hydrogen-bond donors (Lipinski definition) is 2. The zero-order valence-corrected chi connectivity index (χ0v) is 19.5. The largest absolute Gasteiger partial charge is 0.481 e. The number of hydrogen-bond acceptors (Lipinski definition) is 5. The second-order valence-electron chi connectivity index (χ2n) is 8.01. The van der Waals surface area contributed by atoms with Crippen molar-refractivity contribution in [1.82, 2.24) is 4.98 Å². The number of aromatic nitrogens is 1. The van der Waals surface area contributed by atoms with E-state index in [0.717, 1.165) is 11.1 Å². The third kappa shape index (κ3) is 5.73. The molecule has 4 aromatic rings. The van der Waals surface area contributed by atoms with Crippen LogP contribution in [-0.4, -0.2) is 30.7 Å². The molecule has 7 nitrogen and oxygen atoms in total. The first-order chi connectivity index (χ1) is 16.8. The second kappa shape index (κ2) is 10.2. The molecule has 178 valence electrons. The number of nitrogens with one attached hydrogen (secondary N) is 2. The Labute approximate surface area is 201 Å². The number of benzene rings is 3. The smallest absolute Gasteiger partial charge is 0.343 e. The van der Waals surface area contributed by atoms with Crippen LogP contribution in [0.1, 0.15) is 11.1 Å². The van der Waals surface area contributed by atoms with Crippen molar-refractivity contribution in [1.29, 1.82) is 0 Å². The van der Waals surface area contributed by atoms with Gasteiger partial charge in [0.2, 0.25) is 0 Å². The van der Waals surface area contributed by atoms with E-state index in [1.165, 1.54) is 13.2 Å². The van der Waals surface area contributed by atoms with E-state index in [4.69, 9.17) is 9.72 Å². The Hall–Kier alpha value is -4.46. The summed E-state index contributed by atoms with van der Waals surface area (Å²) in [5.74, 6) is -0.511. The zero-order chi connectivity index (χ0) is 24.9. The van der Waals surface area contributed by atoms with Gasteiger partial charge in [-0.1, -0.05) is 35.9 Å². The highest BCUT2D eigenvalue weighted by molar-refractivity contribution is 6.01. The number of esters is 1. The lowest BCUT2D eigenvalue weighted by Gasteiger charge is -2.13. The molecule has 1 aromatic heterocycles. The number of carbonyl (C=O) groups is 2. The number of ether oxygens (including phenoxy) is 2. The van der Waals surface area contributed by atoms with Crippen LogP contribution in [0, 0.1) is 19.7 Å². The Morgan fingerprint density at radius 3 is 2.29 bits per heavy atom. The van der Waals surface area contributed by atoms with Crippen molar-refractivity contribution in [2.45, 2.75) is 13.8 Å². The highest BCUT2D eigenvalue weighted by Gasteiger charge is 2.13. The summed E-state index contributed by atoms with van der Waals surface area (Å²) in [6.07, 6.45) is 0. The minimum atomic E-state index is -0.533. The van der Waals surface area contributed by atoms with Gasteiger partial charge in [-0.15, -0.1) is 0 Å². The molecule has 0 spiro atoms. The Morgan fingerprint density at radius 2 is 1.60 bits per heavy atom. The lowest BCUT2D eigenvalue weighted by Crippen LogP contribution is -2.19. The lowest BCUT2D eigenvalue weighted by atomic mass is 10.1. The molecule has 0 unspecified atom stereocenters. The van der Waals surface area contributed by atoms with Crippen LogP contribution in [0.4, 0.5) is 20.6 Å². The topological polar surface area (TPSA) is 89.6 Å². The van der Waals surface area contributed by atoms with Gasteiger partial charge in [0.1, 0.15) is 11.6 Å². The summed E-state index contributed by atoms with van der Waals surface area (Å²) in [4.78, 5) is 28.9. The fraction of sp³-hybridized carbons (Fsp3) is 0.148. The number of urea groups is 1. The summed E-state index contributed by atoms with van der Waals surface area (Å²) in [7, 11) is 1.29. The average molecular weight is 474 g/mol. The van der Waals surface area contributed by atoms with Crippen LogP contribution in [0.15, 0.2) is 66.7 Å². The van der Waals surface area contributed by atoms with Gasteiger partial charge in [0.05, 0.1) is 18.3 Å². The molecule has 0 saturated carbocycles. The maximum absolute atomic E-state index is 13.8. The first kappa shape index (κ1) is 23.7. The van der Waals surface area contributed by atoms with Gasteiger partial charge < -0.3 is 20.1 Å². The summed E-state index contributed by atoms with van der Waals surface area (Å²) >= 11 is 0. The third-order valence-electron chi connectivity index (χ3n) is 5.38. The molecule has 0 aliphatic carbocycles. The quantitative estimate of drug-likeness (QED) is 0.343. The van der Waals surface area contributed by atoms with Gasteiger partial charge in [0.15, 0.2) is 6.61 Å². The fourth-order valence-corrected chi connectivity index (χ4v) is 3.42. The minimum Gasteiger partial charge on any atom is -0.481 e. The van der Waals surface area contributed by atoms with E-state index in [1.807, 2.05) is 31.2 Å².